The molecule has 0 amide bonds. The quantitative estimate of drug-likeness (QED) is 0.566. The van der Waals surface area contributed by atoms with E-state index in [0.29, 0.717) is 5.92 Å². The fourth-order valence-electron chi connectivity index (χ4n) is 3.14. The largest absolute Gasteiger partial charge is 0.393 e. The second-order valence-corrected chi connectivity index (χ2v) is 4.54. The van der Waals surface area contributed by atoms with Gasteiger partial charge in [-0.15, -0.1) is 0 Å². The molecule has 64 valence electrons. The lowest BCUT2D eigenvalue weighted by atomic mass is 9.90. The number of fused-ring (bicyclic) bond motifs is 1. The number of aliphatic hydroxyl groups is 1. The topological polar surface area (TPSA) is 20.2 Å². The lowest BCUT2D eigenvalue weighted by molar-refractivity contribution is 0.124. The minimum Gasteiger partial charge on any atom is -0.393 e. The number of rotatable bonds is 0. The normalized spacial score (nSPS) is 56.5. The Morgan fingerprint density at radius 3 is 2.45 bits per heavy atom. The molecule has 0 aromatic rings. The molecule has 0 unspecified atom stereocenters. The first kappa shape index (κ1) is 7.60. The van der Waals surface area contributed by atoms with E-state index in [1.165, 1.54) is 12.8 Å². The molecule has 11 heavy (non-hydrogen) atoms. The van der Waals surface area contributed by atoms with Gasteiger partial charge in [-0.05, 0) is 36.5 Å². The molecule has 0 spiro atoms. The minimum absolute atomic E-state index is 0.00718. The van der Waals surface area contributed by atoms with Crippen LogP contribution in [-0.4, -0.2) is 11.2 Å². The van der Waals surface area contributed by atoms with Gasteiger partial charge in [0.1, 0.15) is 0 Å². The molecule has 2 rings (SSSR count). The molecule has 2 aliphatic carbocycles. The Kier molecular flexibility index (Phi) is 1.71. The smallest absolute Gasteiger partial charge is 0.0571 e. The monoisotopic (exact) mass is 154 g/mol. The van der Waals surface area contributed by atoms with Gasteiger partial charge in [-0.3, -0.25) is 0 Å². The lowest BCUT2D eigenvalue weighted by Crippen LogP contribution is -2.14. The van der Waals surface area contributed by atoms with Crippen molar-refractivity contribution in [1.29, 1.82) is 0 Å². The van der Waals surface area contributed by atoms with E-state index in [4.69, 9.17) is 0 Å². The second-order valence-electron chi connectivity index (χ2n) is 4.54. The van der Waals surface area contributed by atoms with Gasteiger partial charge in [-0.25, -0.2) is 0 Å². The summed E-state index contributed by atoms with van der Waals surface area (Å²) in [6.07, 6.45) is 3.84. The van der Waals surface area contributed by atoms with E-state index in [1.54, 1.807) is 0 Å². The van der Waals surface area contributed by atoms with E-state index in [2.05, 4.69) is 13.8 Å². The van der Waals surface area contributed by atoms with Gasteiger partial charge in [0.05, 0.1) is 6.10 Å². The zero-order valence-corrected chi connectivity index (χ0v) is 7.46. The summed E-state index contributed by atoms with van der Waals surface area (Å²) in [5.74, 6) is 3.14. The van der Waals surface area contributed by atoms with Gasteiger partial charge in [0, 0.05) is 0 Å². The number of hydrogen-bond acceptors (Lipinski definition) is 1. The molecule has 1 nitrogen and oxygen atoms in total. The molecule has 0 saturated heterocycles. The van der Waals surface area contributed by atoms with Crippen LogP contribution in [0.25, 0.3) is 0 Å². The summed E-state index contributed by atoms with van der Waals surface area (Å²) < 4.78 is 0. The minimum atomic E-state index is 0.00718. The van der Waals surface area contributed by atoms with E-state index in [9.17, 15) is 5.11 Å². The first-order valence-electron chi connectivity index (χ1n) is 4.88. The van der Waals surface area contributed by atoms with Gasteiger partial charge >= 0.3 is 0 Å². The van der Waals surface area contributed by atoms with E-state index in [1.807, 2.05) is 0 Å². The van der Waals surface area contributed by atoms with Crippen LogP contribution in [0.1, 0.15) is 33.1 Å². The first-order valence-corrected chi connectivity index (χ1v) is 4.88. The van der Waals surface area contributed by atoms with Gasteiger partial charge in [-0.2, -0.15) is 0 Å². The van der Waals surface area contributed by atoms with Crippen molar-refractivity contribution in [3.63, 3.8) is 0 Å². The van der Waals surface area contributed by atoms with Crippen molar-refractivity contribution < 1.29 is 5.11 Å². The second kappa shape index (κ2) is 2.48. The Labute approximate surface area is 68.8 Å². The number of hydrogen-bond donors (Lipinski definition) is 1. The Balaban J connectivity index is 2.12. The van der Waals surface area contributed by atoms with Crippen molar-refractivity contribution >= 4 is 0 Å². The third-order valence-corrected chi connectivity index (χ3v) is 4.03. The van der Waals surface area contributed by atoms with Crippen LogP contribution in [0.4, 0.5) is 0 Å². The molecular weight excluding hydrogens is 136 g/mol. The third kappa shape index (κ3) is 1.01. The summed E-state index contributed by atoms with van der Waals surface area (Å²) in [6.45, 7) is 4.56. The van der Waals surface area contributed by atoms with Gasteiger partial charge in [0.15, 0.2) is 0 Å². The van der Waals surface area contributed by atoms with Crippen LogP contribution in [-0.2, 0) is 0 Å². The van der Waals surface area contributed by atoms with Crippen molar-refractivity contribution in [3.05, 3.63) is 0 Å². The van der Waals surface area contributed by atoms with Crippen LogP contribution in [0.15, 0.2) is 0 Å². The molecule has 2 aliphatic rings. The molecular formula is C10H18O. The SMILES string of the molecule is C[C@H]1[C@@H]2CC[C@@H](C)[C@@H]2C[C@@H]1O. The van der Waals surface area contributed by atoms with E-state index < -0.39 is 0 Å². The fourth-order valence-corrected chi connectivity index (χ4v) is 3.14. The Morgan fingerprint density at radius 2 is 1.82 bits per heavy atom. The zero-order chi connectivity index (χ0) is 8.01. The number of aliphatic hydroxyl groups excluding tert-OH is 1. The van der Waals surface area contributed by atoms with Gasteiger partial charge in [0.25, 0.3) is 0 Å². The zero-order valence-electron chi connectivity index (χ0n) is 7.46. The van der Waals surface area contributed by atoms with Crippen LogP contribution in [0.5, 0.6) is 0 Å². The van der Waals surface area contributed by atoms with E-state index in [0.717, 1.165) is 24.2 Å². The van der Waals surface area contributed by atoms with Crippen molar-refractivity contribution in [1.82, 2.24) is 0 Å². The Hall–Kier alpha value is -0.0400. The van der Waals surface area contributed by atoms with Gasteiger partial charge in [0.2, 0.25) is 0 Å². The summed E-state index contributed by atoms with van der Waals surface area (Å²) in [5.41, 5.74) is 0. The summed E-state index contributed by atoms with van der Waals surface area (Å²) in [6, 6.07) is 0. The molecule has 1 N–H and O–H groups in total. The average Bonchev–Trinajstić information content (AvgIpc) is 2.43. The maximum absolute atomic E-state index is 9.62. The van der Waals surface area contributed by atoms with Crippen molar-refractivity contribution in [2.45, 2.75) is 39.2 Å². The summed E-state index contributed by atoms with van der Waals surface area (Å²) in [4.78, 5) is 0. The molecule has 0 aliphatic heterocycles. The maximum Gasteiger partial charge on any atom is 0.0571 e. The van der Waals surface area contributed by atoms with Crippen LogP contribution < -0.4 is 0 Å². The standard InChI is InChI=1S/C10H18O/c1-6-3-4-8-7(2)10(11)5-9(6)8/h6-11H,3-5H2,1-2H3/t6-,7+,8+,9+,10+/m1/s1. The predicted octanol–water partition coefficient (Wildman–Crippen LogP) is 2.05. The molecule has 2 saturated carbocycles. The maximum atomic E-state index is 9.62. The summed E-state index contributed by atoms with van der Waals surface area (Å²) in [7, 11) is 0. The van der Waals surface area contributed by atoms with Crippen LogP contribution in [0, 0.1) is 23.7 Å². The molecule has 2 fully saturated rings. The van der Waals surface area contributed by atoms with Crippen molar-refractivity contribution in [2.75, 3.05) is 0 Å². The van der Waals surface area contributed by atoms with Crippen LogP contribution in [0.3, 0.4) is 0 Å². The molecule has 1 heteroatoms. The fraction of sp³-hybridized carbons (Fsp3) is 1.00. The highest BCUT2D eigenvalue weighted by Crippen LogP contribution is 2.50. The lowest BCUT2D eigenvalue weighted by Gasteiger charge is -2.15. The highest BCUT2D eigenvalue weighted by molar-refractivity contribution is 4.95. The van der Waals surface area contributed by atoms with Crippen molar-refractivity contribution in [2.24, 2.45) is 23.7 Å². The average molecular weight is 154 g/mol. The highest BCUT2D eigenvalue weighted by atomic mass is 16.3. The Morgan fingerprint density at radius 1 is 1.09 bits per heavy atom. The van der Waals surface area contributed by atoms with Crippen LogP contribution >= 0.6 is 0 Å². The Bertz CT molecular complexity index is 155. The van der Waals surface area contributed by atoms with Crippen LogP contribution in [0.2, 0.25) is 0 Å². The predicted molar refractivity (Wildman–Crippen MR) is 45.2 cm³/mol. The first-order chi connectivity index (χ1) is 5.20. The van der Waals surface area contributed by atoms with E-state index >= 15 is 0 Å². The van der Waals surface area contributed by atoms with Crippen molar-refractivity contribution in [3.8, 4) is 0 Å². The molecule has 5 atom stereocenters. The van der Waals surface area contributed by atoms with Gasteiger partial charge in [-0.1, -0.05) is 20.3 Å². The molecule has 0 heterocycles. The van der Waals surface area contributed by atoms with Gasteiger partial charge < -0.3 is 5.11 Å². The molecule has 0 aromatic carbocycles. The van der Waals surface area contributed by atoms with E-state index in [-0.39, 0.29) is 6.10 Å². The summed E-state index contributed by atoms with van der Waals surface area (Å²) in [5, 5.41) is 9.62. The highest BCUT2D eigenvalue weighted by Gasteiger charge is 2.45. The third-order valence-electron chi connectivity index (χ3n) is 4.03. The summed E-state index contributed by atoms with van der Waals surface area (Å²) >= 11 is 0. The molecule has 0 bridgehead atoms. The molecule has 0 radical (unpaired) electrons. The molecule has 0 aromatic heterocycles.